The van der Waals surface area contributed by atoms with Crippen molar-refractivity contribution in [2.75, 3.05) is 31.6 Å². The van der Waals surface area contributed by atoms with Crippen LogP contribution in [0.5, 0.6) is 0 Å². The SMILES string of the molecule is C[C@@H](O)CNC[C@H](CCc1c(F)cccc1NC(=O)C(N=[N+]=[N-])[C@@H](c1ccc(F)cc1)C1CCOCC1)NS(=O)(=O)c1ccccc1. The summed E-state index contributed by atoms with van der Waals surface area (Å²) in [5.74, 6) is -2.40. The van der Waals surface area contributed by atoms with Crippen molar-refractivity contribution in [2.45, 2.75) is 61.6 Å². The van der Waals surface area contributed by atoms with Gasteiger partial charge in [0.2, 0.25) is 15.9 Å². The van der Waals surface area contributed by atoms with Crippen LogP contribution in [0, 0.1) is 17.6 Å². The summed E-state index contributed by atoms with van der Waals surface area (Å²) in [5.41, 5.74) is 10.4. The lowest BCUT2D eigenvalue weighted by molar-refractivity contribution is -0.118. The zero-order chi connectivity index (χ0) is 33.8. The molecule has 1 fully saturated rings. The van der Waals surface area contributed by atoms with Crippen LogP contribution in [-0.2, 0) is 26.0 Å². The van der Waals surface area contributed by atoms with Gasteiger partial charge in [-0.15, -0.1) is 0 Å². The highest BCUT2D eigenvalue weighted by Gasteiger charge is 2.36. The Bertz CT molecular complexity index is 1620. The maximum absolute atomic E-state index is 15.3. The van der Waals surface area contributed by atoms with Gasteiger partial charge in [-0.3, -0.25) is 4.79 Å². The van der Waals surface area contributed by atoms with Crippen LogP contribution in [0.15, 0.2) is 82.8 Å². The highest BCUT2D eigenvalue weighted by atomic mass is 32.2. The highest BCUT2D eigenvalue weighted by Crippen LogP contribution is 2.37. The Balaban J connectivity index is 1.58. The summed E-state index contributed by atoms with van der Waals surface area (Å²) in [4.78, 5) is 16.9. The molecule has 1 unspecified atom stereocenters. The summed E-state index contributed by atoms with van der Waals surface area (Å²) < 4.78 is 63.5. The largest absolute Gasteiger partial charge is 0.392 e. The van der Waals surface area contributed by atoms with E-state index in [0.29, 0.717) is 31.6 Å². The molecule has 0 saturated carbocycles. The smallest absolute Gasteiger partial charge is 0.240 e. The van der Waals surface area contributed by atoms with Gasteiger partial charge in [-0.1, -0.05) is 41.5 Å². The Kier molecular flexibility index (Phi) is 13.2. The third kappa shape index (κ3) is 10.3. The molecule has 47 heavy (non-hydrogen) atoms. The third-order valence-corrected chi connectivity index (χ3v) is 9.68. The summed E-state index contributed by atoms with van der Waals surface area (Å²) in [5, 5.41) is 19.3. The number of benzene rings is 3. The Morgan fingerprint density at radius 1 is 1.04 bits per heavy atom. The summed E-state index contributed by atoms with van der Waals surface area (Å²) in [6.07, 6.45) is 0.707. The van der Waals surface area contributed by atoms with E-state index in [0.717, 1.165) is 0 Å². The predicted molar refractivity (Wildman–Crippen MR) is 174 cm³/mol. The van der Waals surface area contributed by atoms with Gasteiger partial charge in [0.1, 0.15) is 17.7 Å². The van der Waals surface area contributed by atoms with Crippen LogP contribution in [0.4, 0.5) is 14.5 Å². The van der Waals surface area contributed by atoms with Gasteiger partial charge in [-0.25, -0.2) is 21.9 Å². The summed E-state index contributed by atoms with van der Waals surface area (Å²) in [6.45, 7) is 2.88. The second-order valence-electron chi connectivity index (χ2n) is 11.6. The standard InChI is InChI=1S/C33H40F2N6O5S/c1-22(42)20-37-21-26(40-47(44,45)27-6-3-2-4-7-27)14-15-28-29(35)8-5-9-30(28)38-33(43)32(39-41-36)31(24-16-18-46-19-17-24)23-10-12-25(34)13-11-23/h2-13,22,24,26,31-32,37,40,42H,14-21H2,1H3,(H,38,43)/t22-,26+,31+,32?/m1/s1. The number of aliphatic hydroxyl groups excluding tert-OH is 1. The first-order chi connectivity index (χ1) is 22.6. The van der Waals surface area contributed by atoms with Gasteiger partial charge in [-0.2, -0.15) is 0 Å². The Morgan fingerprint density at radius 2 is 1.74 bits per heavy atom. The molecular formula is C33H40F2N6O5S. The molecule has 0 spiro atoms. The van der Waals surface area contributed by atoms with Gasteiger partial charge in [0.15, 0.2) is 0 Å². The number of nitrogens with zero attached hydrogens (tertiary/aromatic N) is 3. The minimum absolute atomic E-state index is 0.0359. The molecule has 14 heteroatoms. The first-order valence-corrected chi connectivity index (χ1v) is 17.0. The number of anilines is 1. The molecule has 1 aliphatic rings. The van der Waals surface area contributed by atoms with Gasteiger partial charge >= 0.3 is 0 Å². The molecule has 4 atom stereocenters. The number of aliphatic hydroxyl groups is 1. The van der Waals surface area contributed by atoms with E-state index < -0.39 is 51.7 Å². The van der Waals surface area contributed by atoms with Crippen LogP contribution >= 0.6 is 0 Å². The maximum Gasteiger partial charge on any atom is 0.240 e. The number of carbonyl (C=O) groups is 1. The van der Waals surface area contributed by atoms with Gasteiger partial charge in [0.25, 0.3) is 0 Å². The summed E-state index contributed by atoms with van der Waals surface area (Å²) >= 11 is 0. The fraction of sp³-hybridized carbons (Fsp3) is 0.424. The number of carbonyl (C=O) groups excluding carboxylic acids is 1. The van der Waals surface area contributed by atoms with Crippen LogP contribution < -0.4 is 15.4 Å². The van der Waals surface area contributed by atoms with E-state index in [1.807, 2.05) is 0 Å². The van der Waals surface area contributed by atoms with Crippen molar-refractivity contribution in [3.63, 3.8) is 0 Å². The summed E-state index contributed by atoms with van der Waals surface area (Å²) in [6, 6.07) is 15.8. The molecule has 252 valence electrons. The van der Waals surface area contributed by atoms with E-state index in [2.05, 4.69) is 25.4 Å². The molecule has 0 aromatic heterocycles. The van der Waals surface area contributed by atoms with Crippen molar-refractivity contribution in [2.24, 2.45) is 11.0 Å². The normalized spacial score (nSPS) is 16.4. The number of amides is 1. The Labute approximate surface area is 273 Å². The van der Waals surface area contributed by atoms with E-state index in [9.17, 15) is 28.2 Å². The van der Waals surface area contributed by atoms with E-state index in [-0.39, 0.29) is 48.0 Å². The number of sulfonamides is 1. The number of azide groups is 1. The van der Waals surface area contributed by atoms with Crippen molar-refractivity contribution in [3.8, 4) is 0 Å². The quantitative estimate of drug-likeness (QED) is 0.0947. The van der Waals surface area contributed by atoms with E-state index >= 15 is 4.39 Å². The van der Waals surface area contributed by atoms with Crippen molar-refractivity contribution >= 4 is 21.6 Å². The summed E-state index contributed by atoms with van der Waals surface area (Å²) in [7, 11) is -3.92. The average molecular weight is 671 g/mol. The van der Waals surface area contributed by atoms with Crippen molar-refractivity contribution in [1.82, 2.24) is 10.0 Å². The molecule has 0 aliphatic carbocycles. The van der Waals surface area contributed by atoms with Gasteiger partial charge in [0, 0.05) is 54.4 Å². The van der Waals surface area contributed by atoms with Crippen LogP contribution in [0.3, 0.4) is 0 Å². The molecule has 3 aromatic carbocycles. The molecular weight excluding hydrogens is 630 g/mol. The molecule has 1 heterocycles. The highest BCUT2D eigenvalue weighted by molar-refractivity contribution is 7.89. The molecule has 4 N–H and O–H groups in total. The lowest BCUT2D eigenvalue weighted by Crippen LogP contribution is -2.43. The molecule has 0 radical (unpaired) electrons. The zero-order valence-corrected chi connectivity index (χ0v) is 26.9. The topological polar surface area (TPSA) is 166 Å². The number of halogens is 2. The number of hydrogen-bond acceptors (Lipinski definition) is 7. The Hall–Kier alpha value is -3.91. The van der Waals surface area contributed by atoms with Gasteiger partial charge < -0.3 is 20.5 Å². The van der Waals surface area contributed by atoms with Crippen molar-refractivity contribution in [1.29, 1.82) is 0 Å². The van der Waals surface area contributed by atoms with Crippen LogP contribution in [0.25, 0.3) is 10.4 Å². The predicted octanol–water partition coefficient (Wildman–Crippen LogP) is 5.04. The molecule has 11 nitrogen and oxygen atoms in total. The van der Waals surface area contributed by atoms with Crippen LogP contribution in [0.1, 0.15) is 43.2 Å². The first kappa shape index (κ1) is 35.9. The maximum atomic E-state index is 15.3. The van der Waals surface area contributed by atoms with Crippen LogP contribution in [0.2, 0.25) is 0 Å². The second kappa shape index (κ2) is 17.3. The van der Waals surface area contributed by atoms with Crippen molar-refractivity contribution in [3.05, 3.63) is 106 Å². The van der Waals surface area contributed by atoms with Crippen LogP contribution in [-0.4, -0.2) is 63.9 Å². The average Bonchev–Trinajstić information content (AvgIpc) is 3.05. The molecule has 1 saturated heterocycles. The second-order valence-corrected chi connectivity index (χ2v) is 13.3. The number of rotatable bonds is 16. The lowest BCUT2D eigenvalue weighted by atomic mass is 9.76. The molecule has 0 bridgehead atoms. The molecule has 4 rings (SSSR count). The minimum Gasteiger partial charge on any atom is -0.392 e. The van der Waals surface area contributed by atoms with Gasteiger partial charge in [0.05, 0.1) is 11.0 Å². The molecule has 1 aliphatic heterocycles. The number of hydrogen-bond donors (Lipinski definition) is 4. The fourth-order valence-corrected chi connectivity index (χ4v) is 7.12. The molecule has 1 amide bonds. The van der Waals surface area contributed by atoms with E-state index in [1.54, 1.807) is 37.3 Å². The number of nitrogens with one attached hydrogen (secondary N) is 3. The molecule has 3 aromatic rings. The minimum atomic E-state index is -3.92. The van der Waals surface area contributed by atoms with Gasteiger partial charge in [-0.05, 0) is 86.0 Å². The monoisotopic (exact) mass is 670 g/mol. The van der Waals surface area contributed by atoms with E-state index in [1.165, 1.54) is 42.5 Å². The first-order valence-electron chi connectivity index (χ1n) is 15.5. The van der Waals surface area contributed by atoms with Crippen molar-refractivity contribution < 1.29 is 31.8 Å². The Morgan fingerprint density at radius 3 is 2.40 bits per heavy atom. The fourth-order valence-electron chi connectivity index (χ4n) is 5.83. The number of ether oxygens (including phenoxy) is 1. The van der Waals surface area contributed by atoms with E-state index in [4.69, 9.17) is 4.74 Å². The lowest BCUT2D eigenvalue weighted by Gasteiger charge is -2.34. The zero-order valence-electron chi connectivity index (χ0n) is 26.1. The third-order valence-electron chi connectivity index (χ3n) is 8.14.